The van der Waals surface area contributed by atoms with Crippen molar-refractivity contribution < 1.29 is 0 Å². The monoisotopic (exact) mass is 132 g/mol. The van der Waals surface area contributed by atoms with Crippen LogP contribution < -0.4 is 0 Å². The number of fused-ring (bicyclic) bond motifs is 1. The van der Waals surface area contributed by atoms with Crippen LogP contribution in [0.4, 0.5) is 0 Å². The van der Waals surface area contributed by atoms with Crippen molar-refractivity contribution in [2.45, 2.75) is 0 Å². The third-order valence-corrected chi connectivity index (χ3v) is 2.06. The normalized spacial score (nSPS) is 10.2. The van der Waals surface area contributed by atoms with Crippen LogP contribution in [0.1, 0.15) is 0 Å². The Morgan fingerprint density at radius 3 is 3.22 bits per heavy atom. The molecule has 1 heteroatoms. The number of thiophene rings is 1. The van der Waals surface area contributed by atoms with Crippen molar-refractivity contribution in [2.75, 3.05) is 0 Å². The number of rotatable bonds is 0. The van der Waals surface area contributed by atoms with Gasteiger partial charge in [-0.2, -0.15) is 0 Å². The van der Waals surface area contributed by atoms with Gasteiger partial charge in [0.05, 0.1) is 0 Å². The van der Waals surface area contributed by atoms with Crippen molar-refractivity contribution in [3.8, 4) is 0 Å². The summed E-state index contributed by atoms with van der Waals surface area (Å²) in [6.07, 6.45) is 0. The number of hydrogen-bond donors (Lipinski definition) is 0. The SMILES string of the molecule is [c]1ccc2s[c]cc2c1. The molecule has 0 aliphatic carbocycles. The molecule has 0 aliphatic heterocycles. The van der Waals surface area contributed by atoms with Crippen LogP contribution >= 0.6 is 11.3 Å². The van der Waals surface area contributed by atoms with E-state index in [1.165, 1.54) is 10.1 Å². The van der Waals surface area contributed by atoms with Crippen LogP contribution in [0.25, 0.3) is 10.1 Å². The van der Waals surface area contributed by atoms with E-state index in [1.807, 2.05) is 18.2 Å². The Kier molecular flexibility index (Phi) is 1.03. The van der Waals surface area contributed by atoms with Gasteiger partial charge in [0.2, 0.25) is 0 Å². The van der Waals surface area contributed by atoms with Crippen molar-refractivity contribution in [2.24, 2.45) is 0 Å². The summed E-state index contributed by atoms with van der Waals surface area (Å²) in [6, 6.07) is 10.9. The molecule has 2 rings (SSSR count). The smallest absolute Gasteiger partial charge is 0.0455 e. The predicted molar refractivity (Wildman–Crippen MR) is 39.5 cm³/mol. The topological polar surface area (TPSA) is 0 Å². The van der Waals surface area contributed by atoms with Gasteiger partial charge in [-0.05, 0) is 29.7 Å². The quantitative estimate of drug-likeness (QED) is 0.516. The highest BCUT2D eigenvalue weighted by molar-refractivity contribution is 7.16. The average Bonchev–Trinajstić information content (AvgIpc) is 2.33. The Morgan fingerprint density at radius 2 is 2.33 bits per heavy atom. The summed E-state index contributed by atoms with van der Waals surface area (Å²) in [5.41, 5.74) is 0. The Hall–Kier alpha value is -0.820. The van der Waals surface area contributed by atoms with Gasteiger partial charge < -0.3 is 0 Å². The zero-order chi connectivity index (χ0) is 6.10. The van der Waals surface area contributed by atoms with Crippen LogP contribution in [-0.4, -0.2) is 0 Å². The lowest BCUT2D eigenvalue weighted by Gasteiger charge is -1.81. The van der Waals surface area contributed by atoms with Gasteiger partial charge >= 0.3 is 0 Å². The first-order chi connectivity index (χ1) is 4.47. The van der Waals surface area contributed by atoms with Gasteiger partial charge in [-0.3, -0.25) is 0 Å². The van der Waals surface area contributed by atoms with E-state index in [9.17, 15) is 0 Å². The highest BCUT2D eigenvalue weighted by Gasteiger charge is 1.88. The summed E-state index contributed by atoms with van der Waals surface area (Å²) in [4.78, 5) is 0. The van der Waals surface area contributed by atoms with E-state index in [2.05, 4.69) is 17.5 Å². The summed E-state index contributed by atoms with van der Waals surface area (Å²) in [6.45, 7) is 0. The minimum Gasteiger partial charge on any atom is -0.134 e. The van der Waals surface area contributed by atoms with Gasteiger partial charge in [0.1, 0.15) is 0 Å². The summed E-state index contributed by atoms with van der Waals surface area (Å²) < 4.78 is 1.29. The van der Waals surface area contributed by atoms with Crippen LogP contribution in [-0.2, 0) is 0 Å². The van der Waals surface area contributed by atoms with Gasteiger partial charge in [-0.1, -0.05) is 6.07 Å². The average molecular weight is 132 g/mol. The van der Waals surface area contributed by atoms with Crippen LogP contribution in [0.5, 0.6) is 0 Å². The van der Waals surface area contributed by atoms with Gasteiger partial charge in [0, 0.05) is 10.1 Å². The molecular formula is C8H4S. The maximum Gasteiger partial charge on any atom is 0.0455 e. The minimum absolute atomic E-state index is 1.24. The van der Waals surface area contributed by atoms with Crippen LogP contribution in [0.3, 0.4) is 0 Å². The molecule has 1 aromatic heterocycles. The third kappa shape index (κ3) is 0.736. The molecule has 0 saturated heterocycles. The molecule has 1 heterocycles. The predicted octanol–water partition coefficient (Wildman–Crippen LogP) is 2.50. The van der Waals surface area contributed by atoms with Gasteiger partial charge in [0.15, 0.2) is 0 Å². The summed E-state index contributed by atoms with van der Waals surface area (Å²) in [5.74, 6) is 0. The van der Waals surface area contributed by atoms with Crippen molar-refractivity contribution >= 4 is 21.4 Å². The van der Waals surface area contributed by atoms with E-state index in [0.717, 1.165) is 0 Å². The largest absolute Gasteiger partial charge is 0.134 e. The molecule has 0 spiro atoms. The Labute approximate surface area is 57.8 Å². The number of hydrogen-bond acceptors (Lipinski definition) is 1. The summed E-state index contributed by atoms with van der Waals surface area (Å²) in [7, 11) is 0. The second-order valence-electron chi connectivity index (χ2n) is 1.83. The summed E-state index contributed by atoms with van der Waals surface area (Å²) in [5, 5.41) is 4.30. The zero-order valence-electron chi connectivity index (χ0n) is 4.72. The number of benzene rings is 1. The molecule has 0 amide bonds. The fourth-order valence-corrected chi connectivity index (χ4v) is 1.48. The van der Waals surface area contributed by atoms with Crippen molar-refractivity contribution in [1.82, 2.24) is 0 Å². The van der Waals surface area contributed by atoms with E-state index in [4.69, 9.17) is 0 Å². The first-order valence-electron chi connectivity index (χ1n) is 2.72. The standard InChI is InChI=1S/C8H4S/c1-2-4-8-7(3-1)5-6-9-8/h2-5H. The maximum atomic E-state index is 3.06. The van der Waals surface area contributed by atoms with Crippen molar-refractivity contribution in [1.29, 1.82) is 0 Å². The minimum atomic E-state index is 1.24. The molecule has 9 heavy (non-hydrogen) atoms. The van der Waals surface area contributed by atoms with E-state index < -0.39 is 0 Å². The van der Waals surface area contributed by atoms with E-state index in [1.54, 1.807) is 11.3 Å². The molecule has 0 aliphatic rings. The molecule has 1 aromatic carbocycles. The molecule has 0 nitrogen and oxygen atoms in total. The highest BCUT2D eigenvalue weighted by Crippen LogP contribution is 2.17. The lowest BCUT2D eigenvalue weighted by Crippen LogP contribution is -1.57. The molecule has 0 fully saturated rings. The Morgan fingerprint density at radius 1 is 1.33 bits per heavy atom. The zero-order valence-corrected chi connectivity index (χ0v) is 5.53. The third-order valence-electron chi connectivity index (χ3n) is 1.24. The molecule has 2 aromatic rings. The van der Waals surface area contributed by atoms with E-state index in [-0.39, 0.29) is 0 Å². The van der Waals surface area contributed by atoms with E-state index in [0.29, 0.717) is 0 Å². The van der Waals surface area contributed by atoms with Crippen LogP contribution in [0, 0.1) is 11.4 Å². The lowest BCUT2D eigenvalue weighted by atomic mass is 10.3. The highest BCUT2D eigenvalue weighted by atomic mass is 32.1. The lowest BCUT2D eigenvalue weighted by molar-refractivity contribution is 1.83. The second kappa shape index (κ2) is 1.85. The molecule has 0 bridgehead atoms. The molecule has 0 unspecified atom stereocenters. The fraction of sp³-hybridized carbons (Fsp3) is 0. The molecule has 2 radical (unpaired) electrons. The molecule has 0 saturated carbocycles. The van der Waals surface area contributed by atoms with Gasteiger partial charge in [-0.15, -0.1) is 11.3 Å². The van der Waals surface area contributed by atoms with Gasteiger partial charge in [-0.25, -0.2) is 0 Å². The molecule has 0 N–H and O–H groups in total. The Bertz CT molecular complexity index is 279. The second-order valence-corrected chi connectivity index (χ2v) is 2.71. The maximum absolute atomic E-state index is 3.06. The molecule has 0 atom stereocenters. The van der Waals surface area contributed by atoms with Crippen molar-refractivity contribution in [3.63, 3.8) is 0 Å². The van der Waals surface area contributed by atoms with Gasteiger partial charge in [0.25, 0.3) is 0 Å². The first-order valence-corrected chi connectivity index (χ1v) is 3.54. The van der Waals surface area contributed by atoms with Crippen molar-refractivity contribution in [3.05, 3.63) is 35.7 Å². The van der Waals surface area contributed by atoms with E-state index >= 15 is 0 Å². The van der Waals surface area contributed by atoms with Crippen LogP contribution in [0.15, 0.2) is 24.3 Å². The Balaban J connectivity index is 2.95. The molecular weight excluding hydrogens is 128 g/mol. The summed E-state index contributed by atoms with van der Waals surface area (Å²) >= 11 is 1.64. The fourth-order valence-electron chi connectivity index (χ4n) is 0.791. The molecule has 42 valence electrons. The first kappa shape index (κ1) is 5.00. The van der Waals surface area contributed by atoms with Crippen LogP contribution in [0.2, 0.25) is 0 Å².